The van der Waals surface area contributed by atoms with Gasteiger partial charge in [0.2, 0.25) is 0 Å². The minimum atomic E-state index is -0.316. The van der Waals surface area contributed by atoms with Crippen LogP contribution in [0.1, 0.15) is 30.4 Å². The molecule has 1 N–H and O–H groups in total. The van der Waals surface area contributed by atoms with E-state index in [1.54, 1.807) is 21.3 Å². The maximum Gasteiger partial charge on any atom is 0.160 e. The molecule has 1 atom stereocenters. The summed E-state index contributed by atoms with van der Waals surface area (Å²) in [5.74, 6) is 2.30. The van der Waals surface area contributed by atoms with E-state index in [9.17, 15) is 5.11 Å². The Labute approximate surface area is 156 Å². The first kappa shape index (κ1) is 19.9. The number of aliphatic hydroxyl groups excluding tert-OH is 1. The van der Waals surface area contributed by atoms with E-state index in [2.05, 4.69) is 12.2 Å². The fraction of sp³-hybridized carbons (Fsp3) is 0.364. The van der Waals surface area contributed by atoms with Crippen molar-refractivity contribution in [3.05, 3.63) is 59.7 Å². The van der Waals surface area contributed by atoms with Gasteiger partial charge in [-0.1, -0.05) is 30.4 Å². The van der Waals surface area contributed by atoms with Crippen LogP contribution in [0.5, 0.6) is 17.2 Å². The van der Waals surface area contributed by atoms with Gasteiger partial charge in [-0.3, -0.25) is 0 Å². The third kappa shape index (κ3) is 6.12. The molecular weight excluding hydrogens is 328 g/mol. The number of hydrogen-bond donors (Lipinski definition) is 1. The fourth-order valence-corrected chi connectivity index (χ4v) is 2.74. The number of ether oxygens (including phenoxy) is 3. The van der Waals surface area contributed by atoms with Crippen LogP contribution in [0.25, 0.3) is 6.08 Å². The van der Waals surface area contributed by atoms with Gasteiger partial charge in [0.25, 0.3) is 0 Å². The monoisotopic (exact) mass is 356 g/mol. The second kappa shape index (κ2) is 10.5. The topological polar surface area (TPSA) is 47.9 Å². The molecule has 0 aliphatic heterocycles. The van der Waals surface area contributed by atoms with Crippen LogP contribution in [-0.2, 0) is 6.42 Å². The van der Waals surface area contributed by atoms with E-state index in [1.807, 2.05) is 42.5 Å². The molecule has 0 spiro atoms. The van der Waals surface area contributed by atoms with E-state index in [4.69, 9.17) is 14.2 Å². The van der Waals surface area contributed by atoms with E-state index in [0.717, 1.165) is 54.1 Å². The number of rotatable bonds is 10. The normalized spacial score (nSPS) is 12.2. The summed E-state index contributed by atoms with van der Waals surface area (Å²) < 4.78 is 15.7. The molecule has 0 radical (unpaired) electrons. The first-order valence-corrected chi connectivity index (χ1v) is 8.86. The fourth-order valence-electron chi connectivity index (χ4n) is 2.74. The molecular formula is C22H28O4. The standard InChI is InChI=1S/C22H28O4/c1-24-20-13-9-17(10-14-20)6-4-5-7-19(23)12-8-18-11-15-21(25-2)22(16-18)26-3/h4,6,9-11,13-16,19,23H,5,7-8,12H2,1-3H3/b6-4+/t19-/m0/s1. The number of allylic oxidation sites excluding steroid dienone is 1. The van der Waals surface area contributed by atoms with Crippen LogP contribution in [0.3, 0.4) is 0 Å². The lowest BCUT2D eigenvalue weighted by molar-refractivity contribution is 0.156. The Kier molecular flexibility index (Phi) is 8.03. The molecule has 0 bridgehead atoms. The molecule has 4 heteroatoms. The first-order chi connectivity index (χ1) is 12.7. The van der Waals surface area contributed by atoms with Crippen molar-refractivity contribution in [1.29, 1.82) is 0 Å². The number of hydrogen-bond acceptors (Lipinski definition) is 4. The molecule has 0 heterocycles. The van der Waals surface area contributed by atoms with Gasteiger partial charge in [-0.25, -0.2) is 0 Å². The van der Waals surface area contributed by atoms with Gasteiger partial charge in [0.1, 0.15) is 5.75 Å². The van der Waals surface area contributed by atoms with E-state index >= 15 is 0 Å². The average molecular weight is 356 g/mol. The van der Waals surface area contributed by atoms with E-state index < -0.39 is 0 Å². The summed E-state index contributed by atoms with van der Waals surface area (Å²) in [5.41, 5.74) is 2.26. The highest BCUT2D eigenvalue weighted by Crippen LogP contribution is 2.28. The van der Waals surface area contributed by atoms with E-state index in [1.165, 1.54) is 0 Å². The summed E-state index contributed by atoms with van der Waals surface area (Å²) in [6, 6.07) is 13.8. The van der Waals surface area contributed by atoms with Gasteiger partial charge in [-0.15, -0.1) is 0 Å². The Hall–Kier alpha value is -2.46. The average Bonchev–Trinajstić information content (AvgIpc) is 2.69. The van der Waals surface area contributed by atoms with Gasteiger partial charge in [-0.2, -0.15) is 0 Å². The third-order valence-corrected chi connectivity index (χ3v) is 4.31. The number of aryl methyl sites for hydroxylation is 1. The lowest BCUT2D eigenvalue weighted by Crippen LogP contribution is -2.07. The number of methoxy groups -OCH3 is 3. The smallest absolute Gasteiger partial charge is 0.160 e. The van der Waals surface area contributed by atoms with Crippen LogP contribution in [0.2, 0.25) is 0 Å². The Bertz CT molecular complexity index is 692. The summed E-state index contributed by atoms with van der Waals surface area (Å²) in [6.45, 7) is 0. The van der Waals surface area contributed by atoms with Crippen molar-refractivity contribution < 1.29 is 19.3 Å². The molecule has 0 aromatic heterocycles. The molecule has 0 aliphatic rings. The van der Waals surface area contributed by atoms with Gasteiger partial charge < -0.3 is 19.3 Å². The Morgan fingerprint density at radius 3 is 2.27 bits per heavy atom. The van der Waals surface area contributed by atoms with E-state index in [0.29, 0.717) is 0 Å². The van der Waals surface area contributed by atoms with Gasteiger partial charge in [0, 0.05) is 0 Å². The largest absolute Gasteiger partial charge is 0.497 e. The Morgan fingerprint density at radius 1 is 0.885 bits per heavy atom. The van der Waals surface area contributed by atoms with Crippen LogP contribution in [0, 0.1) is 0 Å². The van der Waals surface area contributed by atoms with Crippen LogP contribution in [0.15, 0.2) is 48.5 Å². The minimum absolute atomic E-state index is 0.316. The van der Waals surface area contributed by atoms with Crippen molar-refractivity contribution in [3.63, 3.8) is 0 Å². The SMILES string of the molecule is COc1ccc(/C=C/CC[C@H](O)CCc2ccc(OC)c(OC)c2)cc1. The number of aliphatic hydroxyl groups is 1. The minimum Gasteiger partial charge on any atom is -0.497 e. The second-order valence-electron chi connectivity index (χ2n) is 6.13. The summed E-state index contributed by atoms with van der Waals surface area (Å²) in [5, 5.41) is 10.2. The van der Waals surface area contributed by atoms with Crippen molar-refractivity contribution in [2.75, 3.05) is 21.3 Å². The molecule has 2 aromatic rings. The highest BCUT2D eigenvalue weighted by atomic mass is 16.5. The molecule has 0 amide bonds. The lowest BCUT2D eigenvalue weighted by Gasteiger charge is -2.12. The molecule has 2 aromatic carbocycles. The summed E-state index contributed by atoms with van der Waals surface area (Å²) in [7, 11) is 4.92. The Balaban J connectivity index is 1.74. The maximum absolute atomic E-state index is 10.2. The Morgan fingerprint density at radius 2 is 1.62 bits per heavy atom. The van der Waals surface area contributed by atoms with Crippen molar-refractivity contribution in [1.82, 2.24) is 0 Å². The van der Waals surface area contributed by atoms with Gasteiger partial charge >= 0.3 is 0 Å². The summed E-state index contributed by atoms with van der Waals surface area (Å²) in [4.78, 5) is 0. The van der Waals surface area contributed by atoms with Gasteiger partial charge in [0.15, 0.2) is 11.5 Å². The van der Waals surface area contributed by atoms with Crippen molar-refractivity contribution in [2.45, 2.75) is 31.8 Å². The zero-order chi connectivity index (χ0) is 18.8. The van der Waals surface area contributed by atoms with Gasteiger partial charge in [0.05, 0.1) is 27.4 Å². The van der Waals surface area contributed by atoms with Gasteiger partial charge in [-0.05, 0) is 61.1 Å². The molecule has 0 saturated carbocycles. The van der Waals surface area contributed by atoms with Crippen molar-refractivity contribution >= 4 is 6.08 Å². The molecule has 140 valence electrons. The van der Waals surface area contributed by atoms with Crippen molar-refractivity contribution in [3.8, 4) is 17.2 Å². The van der Waals surface area contributed by atoms with Crippen LogP contribution in [-0.4, -0.2) is 32.5 Å². The van der Waals surface area contributed by atoms with Crippen LogP contribution < -0.4 is 14.2 Å². The molecule has 0 aliphatic carbocycles. The molecule has 0 saturated heterocycles. The molecule has 4 nitrogen and oxygen atoms in total. The maximum atomic E-state index is 10.2. The summed E-state index contributed by atoms with van der Waals surface area (Å²) in [6.07, 6.45) is 6.99. The molecule has 2 rings (SSSR count). The lowest BCUT2D eigenvalue weighted by atomic mass is 10.0. The third-order valence-electron chi connectivity index (χ3n) is 4.31. The quantitative estimate of drug-likeness (QED) is 0.681. The second-order valence-corrected chi connectivity index (χ2v) is 6.13. The highest BCUT2D eigenvalue weighted by molar-refractivity contribution is 5.50. The van der Waals surface area contributed by atoms with Crippen molar-refractivity contribution in [2.24, 2.45) is 0 Å². The van der Waals surface area contributed by atoms with Crippen LogP contribution in [0.4, 0.5) is 0 Å². The molecule has 26 heavy (non-hydrogen) atoms. The van der Waals surface area contributed by atoms with E-state index in [-0.39, 0.29) is 6.10 Å². The first-order valence-electron chi connectivity index (χ1n) is 8.86. The van der Waals surface area contributed by atoms with Crippen LogP contribution >= 0.6 is 0 Å². The highest BCUT2D eigenvalue weighted by Gasteiger charge is 2.07. The zero-order valence-corrected chi connectivity index (χ0v) is 15.8. The number of benzene rings is 2. The predicted molar refractivity (Wildman–Crippen MR) is 105 cm³/mol. The summed E-state index contributed by atoms with van der Waals surface area (Å²) >= 11 is 0. The molecule has 0 fully saturated rings. The zero-order valence-electron chi connectivity index (χ0n) is 15.8. The molecule has 0 unspecified atom stereocenters. The predicted octanol–water partition coefficient (Wildman–Crippen LogP) is 4.50.